The molecule has 7 heteroatoms. The van der Waals surface area contributed by atoms with Gasteiger partial charge in [0.1, 0.15) is 0 Å². The van der Waals surface area contributed by atoms with Gasteiger partial charge in [-0.25, -0.2) is 4.79 Å². The molecule has 120 valence electrons. The van der Waals surface area contributed by atoms with Crippen molar-refractivity contribution in [1.82, 2.24) is 4.90 Å². The average Bonchev–Trinajstić information content (AvgIpc) is 3.03. The van der Waals surface area contributed by atoms with Crippen LogP contribution in [0.5, 0.6) is 0 Å². The van der Waals surface area contributed by atoms with Crippen LogP contribution >= 0.6 is 38.9 Å². The summed E-state index contributed by atoms with van der Waals surface area (Å²) in [6.07, 6.45) is 0.720. The number of ether oxygens (including phenoxy) is 1. The fourth-order valence-electron chi connectivity index (χ4n) is 2.72. The summed E-state index contributed by atoms with van der Waals surface area (Å²) in [5.41, 5.74) is 1.21. The van der Waals surface area contributed by atoms with E-state index in [4.69, 9.17) is 16.3 Å². The predicted molar refractivity (Wildman–Crippen MR) is 93.0 cm³/mol. The Morgan fingerprint density at radius 3 is 2.91 bits per heavy atom. The second-order valence-corrected chi connectivity index (χ2v) is 7.42. The van der Waals surface area contributed by atoms with Gasteiger partial charge in [-0.3, -0.25) is 4.79 Å². The zero-order valence-corrected chi connectivity index (χ0v) is 15.4. The lowest BCUT2D eigenvalue weighted by Crippen LogP contribution is -2.43. The maximum atomic E-state index is 13.0. The van der Waals surface area contributed by atoms with Crippen LogP contribution in [-0.2, 0) is 16.0 Å². The molecule has 1 atom stereocenters. The summed E-state index contributed by atoms with van der Waals surface area (Å²) in [5, 5.41) is 2.29. The molecule has 23 heavy (non-hydrogen) atoms. The normalized spacial score (nSPS) is 16.8. The zero-order chi connectivity index (χ0) is 16.6. The molecule has 2 aromatic rings. The van der Waals surface area contributed by atoms with E-state index in [-0.39, 0.29) is 5.91 Å². The Morgan fingerprint density at radius 1 is 1.39 bits per heavy atom. The largest absolute Gasteiger partial charge is 0.467 e. The maximum absolute atomic E-state index is 13.0. The number of fused-ring (bicyclic) bond motifs is 1. The molecular formula is C16H13BrClNO3S. The van der Waals surface area contributed by atoms with Crippen LogP contribution in [-0.4, -0.2) is 30.4 Å². The molecule has 0 fully saturated rings. The summed E-state index contributed by atoms with van der Waals surface area (Å²) in [7, 11) is 1.33. The molecule has 3 rings (SSSR count). The predicted octanol–water partition coefficient (Wildman–Crippen LogP) is 4.08. The van der Waals surface area contributed by atoms with Gasteiger partial charge in [0.25, 0.3) is 5.91 Å². The van der Waals surface area contributed by atoms with Crippen LogP contribution < -0.4 is 0 Å². The first kappa shape index (κ1) is 16.5. The minimum Gasteiger partial charge on any atom is -0.467 e. The highest BCUT2D eigenvalue weighted by atomic mass is 79.9. The quantitative estimate of drug-likeness (QED) is 0.696. The summed E-state index contributed by atoms with van der Waals surface area (Å²) >= 11 is 11.1. The number of hydrogen-bond donors (Lipinski definition) is 0. The molecule has 1 unspecified atom stereocenters. The molecule has 1 aliphatic rings. The number of amides is 1. The van der Waals surface area contributed by atoms with E-state index in [1.54, 1.807) is 29.5 Å². The van der Waals surface area contributed by atoms with Crippen molar-refractivity contribution in [1.29, 1.82) is 0 Å². The van der Waals surface area contributed by atoms with Crippen molar-refractivity contribution < 1.29 is 14.3 Å². The first-order chi connectivity index (χ1) is 11.0. The van der Waals surface area contributed by atoms with Gasteiger partial charge in [0.15, 0.2) is 6.04 Å². The molecule has 0 aliphatic carbocycles. The van der Waals surface area contributed by atoms with Crippen molar-refractivity contribution in [2.75, 3.05) is 13.7 Å². The molecular weight excluding hydrogens is 402 g/mol. The number of esters is 1. The van der Waals surface area contributed by atoms with Gasteiger partial charge in [-0.15, -0.1) is 11.3 Å². The smallest absolute Gasteiger partial charge is 0.333 e. The standard InChI is InChI=1S/C16H13BrClNO3S/c1-22-16(21)14-10-5-7-23-13(10)4-6-19(14)15(20)11-8-9(17)2-3-12(11)18/h2-3,5,7-8,14H,4,6H2,1H3. The van der Waals surface area contributed by atoms with E-state index in [9.17, 15) is 9.59 Å². The Hall–Kier alpha value is -1.37. The van der Waals surface area contributed by atoms with Gasteiger partial charge >= 0.3 is 5.97 Å². The fourth-order valence-corrected chi connectivity index (χ4v) is 4.18. The highest BCUT2D eigenvalue weighted by Crippen LogP contribution is 2.36. The van der Waals surface area contributed by atoms with Gasteiger partial charge in [0.2, 0.25) is 0 Å². The molecule has 4 nitrogen and oxygen atoms in total. The topological polar surface area (TPSA) is 46.6 Å². The summed E-state index contributed by atoms with van der Waals surface area (Å²) < 4.78 is 5.67. The van der Waals surface area contributed by atoms with Crippen molar-refractivity contribution >= 4 is 50.7 Å². The first-order valence-corrected chi connectivity index (χ1v) is 8.98. The molecule has 0 spiro atoms. The van der Waals surface area contributed by atoms with E-state index < -0.39 is 12.0 Å². The van der Waals surface area contributed by atoms with E-state index in [1.807, 2.05) is 11.4 Å². The zero-order valence-electron chi connectivity index (χ0n) is 12.2. The van der Waals surface area contributed by atoms with Crippen LogP contribution in [0, 0.1) is 0 Å². The lowest BCUT2D eigenvalue weighted by molar-refractivity contribution is -0.146. The molecule has 0 radical (unpaired) electrons. The van der Waals surface area contributed by atoms with Gasteiger partial charge < -0.3 is 9.64 Å². The van der Waals surface area contributed by atoms with Gasteiger partial charge in [-0.05, 0) is 41.6 Å². The highest BCUT2D eigenvalue weighted by Gasteiger charge is 2.38. The van der Waals surface area contributed by atoms with Gasteiger partial charge in [-0.1, -0.05) is 27.5 Å². The number of halogens is 2. The monoisotopic (exact) mass is 413 g/mol. The van der Waals surface area contributed by atoms with Crippen molar-refractivity contribution in [2.24, 2.45) is 0 Å². The van der Waals surface area contributed by atoms with Crippen LogP contribution in [0.25, 0.3) is 0 Å². The highest BCUT2D eigenvalue weighted by molar-refractivity contribution is 9.10. The third-order valence-corrected chi connectivity index (χ3v) is 5.63. The first-order valence-electron chi connectivity index (χ1n) is 6.93. The number of carbonyl (C=O) groups excluding carboxylic acids is 2. The Morgan fingerprint density at radius 2 is 2.17 bits per heavy atom. The molecule has 1 aromatic carbocycles. The maximum Gasteiger partial charge on any atom is 0.333 e. The number of methoxy groups -OCH3 is 1. The van der Waals surface area contributed by atoms with E-state index in [1.165, 1.54) is 12.0 Å². The summed E-state index contributed by atoms with van der Waals surface area (Å²) in [6, 6.07) is 6.25. The van der Waals surface area contributed by atoms with E-state index in [0.717, 1.165) is 21.3 Å². The SMILES string of the molecule is COC(=O)C1c2ccsc2CCN1C(=O)c1cc(Br)ccc1Cl. The van der Waals surface area contributed by atoms with Gasteiger partial charge in [0.05, 0.1) is 17.7 Å². The van der Waals surface area contributed by atoms with E-state index in [0.29, 0.717) is 17.1 Å². The minimum absolute atomic E-state index is 0.274. The van der Waals surface area contributed by atoms with E-state index >= 15 is 0 Å². The van der Waals surface area contributed by atoms with Crippen LogP contribution in [0.2, 0.25) is 5.02 Å². The third-order valence-electron chi connectivity index (χ3n) is 3.81. The summed E-state index contributed by atoms with van der Waals surface area (Å²) in [5.74, 6) is -0.715. The van der Waals surface area contributed by atoms with Gasteiger partial charge in [0, 0.05) is 15.9 Å². The molecule has 0 bridgehead atoms. The van der Waals surface area contributed by atoms with Crippen LogP contribution in [0.1, 0.15) is 26.8 Å². The minimum atomic E-state index is -0.724. The van der Waals surface area contributed by atoms with E-state index in [2.05, 4.69) is 15.9 Å². The van der Waals surface area contributed by atoms with Crippen LogP contribution in [0.3, 0.4) is 0 Å². The van der Waals surface area contributed by atoms with Crippen molar-refractivity contribution in [2.45, 2.75) is 12.5 Å². The molecule has 1 aromatic heterocycles. The van der Waals surface area contributed by atoms with Crippen LogP contribution in [0.4, 0.5) is 0 Å². The summed E-state index contributed by atoms with van der Waals surface area (Å²) in [4.78, 5) is 27.9. The summed E-state index contributed by atoms with van der Waals surface area (Å²) in [6.45, 7) is 0.453. The average molecular weight is 415 g/mol. The fraction of sp³-hybridized carbons (Fsp3) is 0.250. The lowest BCUT2D eigenvalue weighted by Gasteiger charge is -2.34. The number of thiophene rings is 1. The molecule has 2 heterocycles. The Kier molecular flexibility index (Phi) is 4.75. The number of hydrogen-bond acceptors (Lipinski definition) is 4. The van der Waals surface area contributed by atoms with Crippen molar-refractivity contribution in [3.05, 3.63) is 55.1 Å². The number of nitrogens with zero attached hydrogens (tertiary/aromatic N) is 1. The molecule has 1 amide bonds. The number of carbonyl (C=O) groups is 2. The Bertz CT molecular complexity index is 776. The van der Waals surface area contributed by atoms with Gasteiger partial charge in [-0.2, -0.15) is 0 Å². The Balaban J connectivity index is 2.02. The number of rotatable bonds is 2. The van der Waals surface area contributed by atoms with Crippen molar-refractivity contribution in [3.63, 3.8) is 0 Å². The molecule has 0 saturated heterocycles. The second kappa shape index (κ2) is 6.63. The Labute approximate surface area is 151 Å². The number of benzene rings is 1. The molecule has 0 N–H and O–H groups in total. The lowest BCUT2D eigenvalue weighted by atomic mass is 9.99. The van der Waals surface area contributed by atoms with Crippen LogP contribution in [0.15, 0.2) is 34.1 Å². The molecule has 0 saturated carbocycles. The molecule has 1 aliphatic heterocycles. The van der Waals surface area contributed by atoms with Crippen molar-refractivity contribution in [3.8, 4) is 0 Å². The third kappa shape index (κ3) is 3.03. The second-order valence-electron chi connectivity index (χ2n) is 5.10.